The van der Waals surface area contributed by atoms with Crippen LogP contribution in [0.5, 0.6) is 5.75 Å². The van der Waals surface area contributed by atoms with Crippen molar-refractivity contribution in [1.29, 1.82) is 0 Å². The fraction of sp³-hybridized carbons (Fsp3) is 0.207. The molecule has 5 rings (SSSR count). The summed E-state index contributed by atoms with van der Waals surface area (Å²) in [5.74, 6) is -1.52. The molecular formula is C29H21F7N6O4S2. The van der Waals surface area contributed by atoms with Crippen LogP contribution in [0.15, 0.2) is 76.9 Å². The predicted octanol–water partition coefficient (Wildman–Crippen LogP) is 7.01. The number of urea groups is 1. The highest BCUT2D eigenvalue weighted by molar-refractivity contribution is 8.15. The van der Waals surface area contributed by atoms with E-state index in [9.17, 15) is 40.1 Å². The monoisotopic (exact) mass is 714 g/mol. The van der Waals surface area contributed by atoms with Crippen molar-refractivity contribution in [3.05, 3.63) is 78.4 Å². The van der Waals surface area contributed by atoms with Gasteiger partial charge in [0, 0.05) is 10.5 Å². The van der Waals surface area contributed by atoms with E-state index in [1.165, 1.54) is 47.4 Å². The summed E-state index contributed by atoms with van der Waals surface area (Å²) in [6.45, 7) is 0.990. The zero-order chi connectivity index (χ0) is 34.8. The van der Waals surface area contributed by atoms with E-state index in [1.807, 2.05) is 0 Å². The molecule has 0 spiro atoms. The third-order valence-electron chi connectivity index (χ3n) is 6.45. The number of alkyl halides is 6. The summed E-state index contributed by atoms with van der Waals surface area (Å²) in [5.41, 5.74) is -3.97. The van der Waals surface area contributed by atoms with Crippen LogP contribution in [0.2, 0.25) is 0 Å². The first kappa shape index (κ1) is 34.6. The van der Waals surface area contributed by atoms with E-state index >= 15 is 4.39 Å². The normalized spacial score (nSPS) is 15.2. The predicted molar refractivity (Wildman–Crippen MR) is 163 cm³/mol. The van der Waals surface area contributed by atoms with Gasteiger partial charge in [0.1, 0.15) is 17.9 Å². The molecule has 0 aliphatic carbocycles. The van der Waals surface area contributed by atoms with Crippen molar-refractivity contribution >= 4 is 51.0 Å². The lowest BCUT2D eigenvalue weighted by molar-refractivity contribution is -0.139. The Morgan fingerprint density at radius 2 is 1.79 bits per heavy atom. The van der Waals surface area contributed by atoms with Crippen LogP contribution in [-0.4, -0.2) is 60.1 Å². The third-order valence-corrected chi connectivity index (χ3v) is 8.49. The van der Waals surface area contributed by atoms with Gasteiger partial charge < -0.3 is 10.1 Å². The second-order valence-electron chi connectivity index (χ2n) is 9.94. The number of aromatic nitrogens is 3. The molecule has 1 atom stereocenters. The standard InChI is InChI=1S/C29H21F7N6O4S2/c1-16-2-9-23(46-11-10-28(31,32)33)22(12-16)42-24(43)14-47-27(42)39-26(44)38-21-8-3-17(13-20(21)30)25-37-15-41(40-25)18-4-6-19(7-5-18)48(45)29(34,35)36/h2-9,12-13,15H,10-11,14H2,1H3,(H,38,44). The maximum Gasteiger partial charge on any atom is 0.475 e. The molecule has 252 valence electrons. The van der Waals surface area contributed by atoms with Crippen molar-refractivity contribution in [3.8, 4) is 22.8 Å². The lowest BCUT2D eigenvalue weighted by Gasteiger charge is -2.20. The molecule has 1 saturated heterocycles. The highest BCUT2D eigenvalue weighted by atomic mass is 32.2. The van der Waals surface area contributed by atoms with Gasteiger partial charge >= 0.3 is 17.7 Å². The summed E-state index contributed by atoms with van der Waals surface area (Å²) in [4.78, 5) is 34.1. The topological polar surface area (TPSA) is 119 Å². The first-order chi connectivity index (χ1) is 22.6. The molecule has 4 aromatic rings. The molecule has 3 amide bonds. The van der Waals surface area contributed by atoms with E-state index in [2.05, 4.69) is 20.4 Å². The van der Waals surface area contributed by atoms with Crippen LogP contribution in [-0.2, 0) is 15.6 Å². The van der Waals surface area contributed by atoms with Gasteiger partial charge in [-0.3, -0.25) is 9.69 Å². The number of halogens is 7. The lowest BCUT2D eigenvalue weighted by Crippen LogP contribution is -2.31. The van der Waals surface area contributed by atoms with Gasteiger partial charge in [0.15, 0.2) is 21.8 Å². The fourth-order valence-corrected chi connectivity index (χ4v) is 5.75. The number of nitrogens with zero attached hydrogens (tertiary/aromatic N) is 5. The van der Waals surface area contributed by atoms with Crippen molar-refractivity contribution in [2.24, 2.45) is 4.99 Å². The van der Waals surface area contributed by atoms with Gasteiger partial charge in [-0.05, 0) is 67.1 Å². The number of benzene rings is 3. The molecule has 19 heteroatoms. The third kappa shape index (κ3) is 8.19. The first-order valence-corrected chi connectivity index (χ1v) is 15.7. The number of ether oxygens (including phenoxy) is 1. The zero-order valence-electron chi connectivity index (χ0n) is 24.3. The average molecular weight is 715 g/mol. The van der Waals surface area contributed by atoms with E-state index in [0.29, 0.717) is 11.3 Å². The van der Waals surface area contributed by atoms with Crippen LogP contribution in [0, 0.1) is 12.7 Å². The van der Waals surface area contributed by atoms with Crippen LogP contribution in [0.3, 0.4) is 0 Å². The number of aryl methyl sites for hydroxylation is 1. The number of rotatable bonds is 8. The summed E-state index contributed by atoms with van der Waals surface area (Å²) in [6, 6.07) is 11.6. The first-order valence-electron chi connectivity index (χ1n) is 13.6. The molecule has 1 unspecified atom stereocenters. The van der Waals surface area contributed by atoms with Gasteiger partial charge in [0.25, 0.3) is 0 Å². The van der Waals surface area contributed by atoms with E-state index in [4.69, 9.17) is 4.74 Å². The molecule has 1 N–H and O–H groups in total. The minimum atomic E-state index is -4.91. The molecule has 0 radical (unpaired) electrons. The number of thioether (sulfide) groups is 1. The molecule has 1 aliphatic rings. The number of carbonyl (C=O) groups excluding carboxylic acids is 2. The summed E-state index contributed by atoms with van der Waals surface area (Å²) >= 11 is 0.895. The quantitative estimate of drug-likeness (QED) is 0.195. The minimum absolute atomic E-state index is 0.0265. The lowest BCUT2D eigenvalue weighted by atomic mass is 10.2. The Bertz CT molecular complexity index is 1910. The molecule has 2 heterocycles. The summed E-state index contributed by atoms with van der Waals surface area (Å²) < 4.78 is 109. The van der Waals surface area contributed by atoms with Crippen molar-refractivity contribution in [2.75, 3.05) is 22.6 Å². The van der Waals surface area contributed by atoms with Crippen molar-refractivity contribution in [1.82, 2.24) is 14.8 Å². The van der Waals surface area contributed by atoms with Gasteiger partial charge in [0.05, 0.1) is 35.8 Å². The molecule has 0 saturated carbocycles. The number of carbonyl (C=O) groups is 2. The van der Waals surface area contributed by atoms with Crippen molar-refractivity contribution in [3.63, 3.8) is 0 Å². The van der Waals surface area contributed by atoms with Crippen LogP contribution < -0.4 is 15.0 Å². The Morgan fingerprint density at radius 1 is 1.06 bits per heavy atom. The zero-order valence-corrected chi connectivity index (χ0v) is 25.9. The Hall–Kier alpha value is -4.78. The molecule has 48 heavy (non-hydrogen) atoms. The average Bonchev–Trinajstić information content (AvgIpc) is 3.64. The van der Waals surface area contributed by atoms with Gasteiger partial charge in [-0.25, -0.2) is 23.1 Å². The van der Waals surface area contributed by atoms with Gasteiger partial charge in [-0.15, -0.1) is 5.10 Å². The molecule has 1 fully saturated rings. The Morgan fingerprint density at radius 3 is 2.46 bits per heavy atom. The summed E-state index contributed by atoms with van der Waals surface area (Å²) in [5, 5.41) is 6.36. The largest absolute Gasteiger partial charge is 0.491 e. The van der Waals surface area contributed by atoms with E-state index in [0.717, 1.165) is 34.9 Å². The number of nitrogens with one attached hydrogen (secondary N) is 1. The van der Waals surface area contributed by atoms with Gasteiger partial charge in [0.2, 0.25) is 5.91 Å². The number of anilines is 2. The van der Waals surface area contributed by atoms with Crippen LogP contribution in [0.1, 0.15) is 12.0 Å². The molecule has 10 nitrogen and oxygen atoms in total. The second kappa shape index (κ2) is 13.8. The molecule has 1 aromatic heterocycles. The van der Waals surface area contributed by atoms with Crippen LogP contribution in [0.4, 0.5) is 46.9 Å². The number of amides is 3. The highest BCUT2D eigenvalue weighted by Gasteiger charge is 2.38. The number of aliphatic imine (C=N–C) groups is 1. The number of hydrogen-bond acceptors (Lipinski definition) is 7. The van der Waals surface area contributed by atoms with Crippen LogP contribution >= 0.6 is 11.8 Å². The number of hydrogen-bond donors (Lipinski definition) is 1. The summed E-state index contributed by atoms with van der Waals surface area (Å²) in [6.07, 6.45) is -4.44. The van der Waals surface area contributed by atoms with E-state index in [-0.39, 0.29) is 39.4 Å². The maximum absolute atomic E-state index is 15.0. The molecule has 3 aromatic carbocycles. The van der Waals surface area contributed by atoms with Crippen molar-refractivity contribution < 1.29 is 49.3 Å². The summed E-state index contributed by atoms with van der Waals surface area (Å²) in [7, 11) is -3.20. The van der Waals surface area contributed by atoms with E-state index in [1.54, 1.807) is 13.0 Å². The smallest absolute Gasteiger partial charge is 0.475 e. The van der Waals surface area contributed by atoms with Gasteiger partial charge in [-0.2, -0.15) is 31.3 Å². The molecule has 1 aliphatic heterocycles. The minimum Gasteiger partial charge on any atom is -0.491 e. The van der Waals surface area contributed by atoms with E-state index < -0.39 is 58.2 Å². The fourth-order valence-electron chi connectivity index (χ4n) is 4.24. The van der Waals surface area contributed by atoms with Gasteiger partial charge in [-0.1, -0.05) is 17.8 Å². The Labute approximate surface area is 273 Å². The molecular weight excluding hydrogens is 693 g/mol. The maximum atomic E-state index is 15.0. The Balaban J connectivity index is 1.29. The van der Waals surface area contributed by atoms with Crippen LogP contribution in [0.25, 0.3) is 17.1 Å². The Kier molecular flexibility index (Phi) is 9.90. The van der Waals surface area contributed by atoms with Crippen molar-refractivity contribution in [2.45, 2.75) is 29.9 Å². The molecule has 0 bridgehead atoms. The number of amidine groups is 1. The SMILES string of the molecule is Cc1ccc(OCCC(F)(F)F)c(N2C(=O)CSC2=NC(=O)Nc2ccc(-c3ncn(-c4ccc(S(=O)C(F)(F)F)cc4)n3)cc2F)c1. The second-order valence-corrected chi connectivity index (χ2v) is 12.4. The highest BCUT2D eigenvalue weighted by Crippen LogP contribution is 2.36.